The van der Waals surface area contributed by atoms with Crippen LogP contribution in [-0.4, -0.2) is 24.4 Å². The SMILES string of the molecule is COc1cccc(C(=O)CNCc2ccccn2)c1. The maximum absolute atomic E-state index is 12.0. The molecule has 0 aliphatic heterocycles. The maximum Gasteiger partial charge on any atom is 0.176 e. The van der Waals surface area contributed by atoms with Crippen molar-refractivity contribution in [2.75, 3.05) is 13.7 Å². The first-order chi connectivity index (χ1) is 9.29. The second kappa shape index (κ2) is 6.66. The smallest absolute Gasteiger partial charge is 0.176 e. The van der Waals surface area contributed by atoms with Crippen LogP contribution >= 0.6 is 0 Å². The molecule has 1 aromatic heterocycles. The second-order valence-electron chi connectivity index (χ2n) is 4.08. The summed E-state index contributed by atoms with van der Waals surface area (Å²) >= 11 is 0. The number of pyridine rings is 1. The van der Waals surface area contributed by atoms with Crippen LogP contribution in [0.25, 0.3) is 0 Å². The van der Waals surface area contributed by atoms with Crippen molar-refractivity contribution < 1.29 is 9.53 Å². The summed E-state index contributed by atoms with van der Waals surface area (Å²) in [6.45, 7) is 0.861. The van der Waals surface area contributed by atoms with Crippen LogP contribution in [0, 0.1) is 0 Å². The Bertz CT molecular complexity index is 541. The van der Waals surface area contributed by atoms with Crippen molar-refractivity contribution in [3.05, 3.63) is 59.9 Å². The molecule has 1 heterocycles. The van der Waals surface area contributed by atoms with E-state index in [-0.39, 0.29) is 12.3 Å². The van der Waals surface area contributed by atoms with Gasteiger partial charge in [0.2, 0.25) is 0 Å². The van der Waals surface area contributed by atoms with Gasteiger partial charge in [-0.3, -0.25) is 9.78 Å². The van der Waals surface area contributed by atoms with E-state index in [9.17, 15) is 4.79 Å². The lowest BCUT2D eigenvalue weighted by molar-refractivity contribution is 0.0990. The van der Waals surface area contributed by atoms with Gasteiger partial charge in [-0.2, -0.15) is 0 Å². The van der Waals surface area contributed by atoms with Gasteiger partial charge in [0.15, 0.2) is 5.78 Å². The normalized spacial score (nSPS) is 10.2. The molecule has 98 valence electrons. The number of hydrogen-bond donors (Lipinski definition) is 1. The number of nitrogens with zero attached hydrogens (tertiary/aromatic N) is 1. The van der Waals surface area contributed by atoms with Gasteiger partial charge in [-0.25, -0.2) is 0 Å². The van der Waals surface area contributed by atoms with Gasteiger partial charge in [-0.1, -0.05) is 18.2 Å². The number of ether oxygens (including phenoxy) is 1. The fourth-order valence-electron chi connectivity index (χ4n) is 1.71. The summed E-state index contributed by atoms with van der Waals surface area (Å²) < 4.78 is 5.10. The lowest BCUT2D eigenvalue weighted by Gasteiger charge is -2.05. The summed E-state index contributed by atoms with van der Waals surface area (Å²) in [4.78, 5) is 16.1. The molecule has 0 amide bonds. The zero-order chi connectivity index (χ0) is 13.5. The van der Waals surface area contributed by atoms with Gasteiger partial charge >= 0.3 is 0 Å². The molecule has 2 aromatic rings. The molecule has 0 aliphatic rings. The van der Waals surface area contributed by atoms with E-state index in [4.69, 9.17) is 4.74 Å². The Balaban J connectivity index is 1.87. The minimum absolute atomic E-state index is 0.0369. The van der Waals surface area contributed by atoms with Gasteiger partial charge in [0, 0.05) is 18.3 Å². The van der Waals surface area contributed by atoms with Crippen molar-refractivity contribution in [1.29, 1.82) is 0 Å². The molecule has 0 fully saturated rings. The monoisotopic (exact) mass is 256 g/mol. The average Bonchev–Trinajstić information content (AvgIpc) is 2.48. The van der Waals surface area contributed by atoms with E-state index in [0.717, 1.165) is 5.69 Å². The number of methoxy groups -OCH3 is 1. The van der Waals surface area contributed by atoms with Crippen LogP contribution in [-0.2, 0) is 6.54 Å². The first kappa shape index (κ1) is 13.2. The van der Waals surface area contributed by atoms with E-state index in [0.29, 0.717) is 17.9 Å². The molecule has 0 atom stereocenters. The minimum Gasteiger partial charge on any atom is -0.497 e. The van der Waals surface area contributed by atoms with Crippen molar-refractivity contribution in [3.8, 4) is 5.75 Å². The van der Waals surface area contributed by atoms with Gasteiger partial charge < -0.3 is 10.1 Å². The van der Waals surface area contributed by atoms with E-state index < -0.39 is 0 Å². The van der Waals surface area contributed by atoms with Crippen LogP contribution in [0.15, 0.2) is 48.7 Å². The van der Waals surface area contributed by atoms with Gasteiger partial charge in [0.1, 0.15) is 5.75 Å². The minimum atomic E-state index is 0.0369. The molecule has 2 rings (SSSR count). The van der Waals surface area contributed by atoms with Crippen LogP contribution in [0.2, 0.25) is 0 Å². The van der Waals surface area contributed by atoms with E-state index in [1.165, 1.54) is 0 Å². The molecule has 0 saturated carbocycles. The zero-order valence-electron chi connectivity index (χ0n) is 10.8. The maximum atomic E-state index is 12.0. The van der Waals surface area contributed by atoms with Crippen LogP contribution in [0.4, 0.5) is 0 Å². The summed E-state index contributed by atoms with van der Waals surface area (Å²) in [5.41, 5.74) is 1.56. The number of benzene rings is 1. The summed E-state index contributed by atoms with van der Waals surface area (Å²) in [5.74, 6) is 0.727. The molecular weight excluding hydrogens is 240 g/mol. The topological polar surface area (TPSA) is 51.2 Å². The second-order valence-corrected chi connectivity index (χ2v) is 4.08. The summed E-state index contributed by atoms with van der Waals surface area (Å²) in [6, 6.07) is 12.9. The Morgan fingerprint density at radius 2 is 2.16 bits per heavy atom. The quantitative estimate of drug-likeness (QED) is 0.804. The predicted octanol–water partition coefficient (Wildman–Crippen LogP) is 2.06. The largest absolute Gasteiger partial charge is 0.497 e. The zero-order valence-corrected chi connectivity index (χ0v) is 10.8. The summed E-state index contributed by atoms with van der Waals surface area (Å²) in [7, 11) is 1.59. The molecular formula is C15H16N2O2. The molecule has 0 radical (unpaired) electrons. The van der Waals surface area contributed by atoms with Crippen LogP contribution in [0.3, 0.4) is 0 Å². The fraction of sp³-hybridized carbons (Fsp3) is 0.200. The van der Waals surface area contributed by atoms with Crippen LogP contribution < -0.4 is 10.1 Å². The van der Waals surface area contributed by atoms with Crippen molar-refractivity contribution in [1.82, 2.24) is 10.3 Å². The highest BCUT2D eigenvalue weighted by atomic mass is 16.5. The third-order valence-corrected chi connectivity index (χ3v) is 2.71. The molecule has 0 unspecified atom stereocenters. The number of nitrogens with one attached hydrogen (secondary N) is 1. The Kier molecular flexibility index (Phi) is 4.64. The van der Waals surface area contributed by atoms with Gasteiger partial charge in [-0.05, 0) is 24.3 Å². The molecule has 4 nitrogen and oxygen atoms in total. The lowest BCUT2D eigenvalue weighted by atomic mass is 10.1. The average molecular weight is 256 g/mol. The van der Waals surface area contributed by atoms with Crippen molar-refractivity contribution in [2.45, 2.75) is 6.54 Å². The highest BCUT2D eigenvalue weighted by Crippen LogP contribution is 2.12. The Morgan fingerprint density at radius 3 is 2.89 bits per heavy atom. The number of aromatic nitrogens is 1. The molecule has 4 heteroatoms. The number of carbonyl (C=O) groups is 1. The van der Waals surface area contributed by atoms with Gasteiger partial charge in [0.25, 0.3) is 0 Å². The first-order valence-electron chi connectivity index (χ1n) is 6.07. The first-order valence-corrected chi connectivity index (χ1v) is 6.07. The highest BCUT2D eigenvalue weighted by molar-refractivity contribution is 5.97. The molecule has 0 bridgehead atoms. The Morgan fingerprint density at radius 1 is 1.26 bits per heavy atom. The van der Waals surface area contributed by atoms with Gasteiger partial charge in [0.05, 0.1) is 19.3 Å². The molecule has 0 spiro atoms. The molecule has 0 aliphatic carbocycles. The molecule has 19 heavy (non-hydrogen) atoms. The summed E-state index contributed by atoms with van der Waals surface area (Å²) in [6.07, 6.45) is 1.74. The third kappa shape index (κ3) is 3.89. The Hall–Kier alpha value is -2.20. The fourth-order valence-corrected chi connectivity index (χ4v) is 1.71. The van der Waals surface area contributed by atoms with Gasteiger partial charge in [-0.15, -0.1) is 0 Å². The van der Waals surface area contributed by atoms with Crippen molar-refractivity contribution >= 4 is 5.78 Å². The standard InChI is InChI=1S/C15H16N2O2/c1-19-14-7-4-5-12(9-14)15(18)11-16-10-13-6-2-3-8-17-13/h2-9,16H,10-11H2,1H3. The van der Waals surface area contributed by atoms with E-state index in [2.05, 4.69) is 10.3 Å². The van der Waals surface area contributed by atoms with E-state index in [1.54, 1.807) is 25.4 Å². The van der Waals surface area contributed by atoms with E-state index >= 15 is 0 Å². The number of ketones is 1. The van der Waals surface area contributed by atoms with Crippen LogP contribution in [0.5, 0.6) is 5.75 Å². The van der Waals surface area contributed by atoms with Crippen molar-refractivity contribution in [3.63, 3.8) is 0 Å². The number of Topliss-reactive ketones (excluding diaryl/α,β-unsaturated/α-hetero) is 1. The van der Waals surface area contributed by atoms with Crippen molar-refractivity contribution in [2.24, 2.45) is 0 Å². The Labute approximate surface area is 112 Å². The summed E-state index contributed by atoms with van der Waals surface area (Å²) in [5, 5.41) is 3.08. The highest BCUT2D eigenvalue weighted by Gasteiger charge is 2.06. The lowest BCUT2D eigenvalue weighted by Crippen LogP contribution is -2.23. The van der Waals surface area contributed by atoms with Crippen LogP contribution in [0.1, 0.15) is 16.1 Å². The van der Waals surface area contributed by atoms with E-state index in [1.807, 2.05) is 30.3 Å². The number of carbonyl (C=O) groups excluding carboxylic acids is 1. The number of rotatable bonds is 6. The molecule has 1 aromatic carbocycles. The molecule has 0 saturated heterocycles. The number of hydrogen-bond acceptors (Lipinski definition) is 4. The predicted molar refractivity (Wildman–Crippen MR) is 73.3 cm³/mol. The third-order valence-electron chi connectivity index (χ3n) is 2.71. The molecule has 1 N–H and O–H groups in total.